The molecule has 29 heavy (non-hydrogen) atoms. The minimum Gasteiger partial charge on any atom is -0.338 e. The van der Waals surface area contributed by atoms with E-state index in [4.69, 9.17) is 11.6 Å². The summed E-state index contributed by atoms with van der Waals surface area (Å²) in [7, 11) is 0. The summed E-state index contributed by atoms with van der Waals surface area (Å²) in [6.45, 7) is 0. The molecular weight excluding hydrogens is 382 g/mol. The van der Waals surface area contributed by atoms with Gasteiger partial charge in [-0.3, -0.25) is 4.79 Å². The molecule has 2 N–H and O–H groups in total. The second kappa shape index (κ2) is 7.08. The molecule has 0 atom stereocenters. The van der Waals surface area contributed by atoms with E-state index in [1.807, 2.05) is 72.8 Å². The normalized spacial score (nSPS) is 11.1. The van der Waals surface area contributed by atoms with Crippen LogP contribution in [0.4, 0.5) is 5.69 Å². The minimum atomic E-state index is -0.149. The van der Waals surface area contributed by atoms with Gasteiger partial charge in [0, 0.05) is 27.2 Å². The lowest BCUT2D eigenvalue weighted by Crippen LogP contribution is -2.12. The van der Waals surface area contributed by atoms with Crippen molar-refractivity contribution in [3.8, 4) is 11.4 Å². The zero-order chi connectivity index (χ0) is 19.8. The Morgan fingerprint density at radius 2 is 1.69 bits per heavy atom. The Bertz CT molecular complexity index is 1350. The Labute approximate surface area is 172 Å². The number of hydrogen-bond donors (Lipinski definition) is 2. The van der Waals surface area contributed by atoms with Gasteiger partial charge in [-0.1, -0.05) is 60.1 Å². The van der Waals surface area contributed by atoms with Crippen LogP contribution in [0.2, 0.25) is 5.02 Å². The molecule has 0 saturated heterocycles. The molecule has 140 valence electrons. The maximum absolute atomic E-state index is 12.7. The molecule has 0 unspecified atom stereocenters. The van der Waals surface area contributed by atoms with E-state index in [0.717, 1.165) is 38.9 Å². The third-order valence-electron chi connectivity index (χ3n) is 4.90. The van der Waals surface area contributed by atoms with Gasteiger partial charge in [-0.25, -0.2) is 4.98 Å². The van der Waals surface area contributed by atoms with Gasteiger partial charge < -0.3 is 10.3 Å². The van der Waals surface area contributed by atoms with E-state index in [-0.39, 0.29) is 5.91 Å². The number of halogens is 1. The molecule has 1 heterocycles. The number of anilines is 1. The van der Waals surface area contributed by atoms with E-state index in [9.17, 15) is 4.79 Å². The lowest BCUT2D eigenvalue weighted by molar-refractivity contribution is 0.102. The largest absolute Gasteiger partial charge is 0.338 e. The second-order valence-electron chi connectivity index (χ2n) is 6.81. The van der Waals surface area contributed by atoms with Gasteiger partial charge in [0.25, 0.3) is 5.91 Å². The molecule has 4 aromatic carbocycles. The van der Waals surface area contributed by atoms with Gasteiger partial charge in [-0.05, 0) is 41.8 Å². The summed E-state index contributed by atoms with van der Waals surface area (Å²) in [5.74, 6) is 0.590. The van der Waals surface area contributed by atoms with E-state index in [2.05, 4.69) is 15.3 Å². The molecule has 0 fully saturated rings. The van der Waals surface area contributed by atoms with E-state index < -0.39 is 0 Å². The van der Waals surface area contributed by atoms with Crippen LogP contribution < -0.4 is 5.32 Å². The molecule has 5 aromatic rings. The van der Waals surface area contributed by atoms with Crippen LogP contribution in [-0.4, -0.2) is 15.9 Å². The highest BCUT2D eigenvalue weighted by Crippen LogP contribution is 2.25. The van der Waals surface area contributed by atoms with E-state index in [1.54, 1.807) is 12.1 Å². The first-order valence-corrected chi connectivity index (χ1v) is 9.60. The van der Waals surface area contributed by atoms with E-state index >= 15 is 0 Å². The van der Waals surface area contributed by atoms with Crippen LogP contribution in [0.3, 0.4) is 0 Å². The molecule has 1 amide bonds. The molecule has 0 spiro atoms. The van der Waals surface area contributed by atoms with Crippen LogP contribution in [0, 0.1) is 0 Å². The van der Waals surface area contributed by atoms with Gasteiger partial charge in [-0.2, -0.15) is 0 Å². The number of aromatic amines is 1. The number of carbonyl (C=O) groups is 1. The number of benzene rings is 4. The van der Waals surface area contributed by atoms with Crippen molar-refractivity contribution in [2.75, 3.05) is 5.32 Å². The van der Waals surface area contributed by atoms with E-state index in [0.29, 0.717) is 10.6 Å². The number of nitrogens with zero attached hydrogens (tertiary/aromatic N) is 1. The second-order valence-corrected chi connectivity index (χ2v) is 7.24. The van der Waals surface area contributed by atoms with Crippen LogP contribution >= 0.6 is 11.6 Å². The number of imidazole rings is 1. The van der Waals surface area contributed by atoms with Gasteiger partial charge >= 0.3 is 0 Å². The summed E-state index contributed by atoms with van der Waals surface area (Å²) in [4.78, 5) is 20.6. The van der Waals surface area contributed by atoms with Gasteiger partial charge in [0.15, 0.2) is 0 Å². The molecule has 5 heteroatoms. The van der Waals surface area contributed by atoms with Crippen LogP contribution in [0.1, 0.15) is 10.4 Å². The quantitative estimate of drug-likeness (QED) is 0.376. The number of aromatic nitrogens is 2. The Morgan fingerprint density at radius 3 is 2.55 bits per heavy atom. The fourth-order valence-corrected chi connectivity index (χ4v) is 3.60. The average molecular weight is 398 g/mol. The number of nitrogens with one attached hydrogen (secondary N) is 2. The lowest BCUT2D eigenvalue weighted by Gasteiger charge is -2.09. The third-order valence-corrected chi connectivity index (χ3v) is 5.14. The van der Waals surface area contributed by atoms with Crippen molar-refractivity contribution in [3.63, 3.8) is 0 Å². The summed E-state index contributed by atoms with van der Waals surface area (Å²) in [6.07, 6.45) is 0. The molecule has 0 aliphatic carbocycles. The highest BCUT2D eigenvalue weighted by molar-refractivity contribution is 6.31. The monoisotopic (exact) mass is 397 g/mol. The molecule has 0 radical (unpaired) electrons. The van der Waals surface area contributed by atoms with Crippen LogP contribution in [-0.2, 0) is 0 Å². The molecule has 4 nitrogen and oxygen atoms in total. The van der Waals surface area contributed by atoms with Gasteiger partial charge in [0.2, 0.25) is 0 Å². The Kier molecular flexibility index (Phi) is 4.26. The third kappa shape index (κ3) is 3.35. The highest BCUT2D eigenvalue weighted by atomic mass is 35.5. The fourth-order valence-electron chi connectivity index (χ4n) is 3.43. The first-order valence-electron chi connectivity index (χ1n) is 9.22. The Morgan fingerprint density at radius 1 is 0.897 bits per heavy atom. The average Bonchev–Trinajstić information content (AvgIpc) is 3.17. The number of H-pyrrole nitrogens is 1. The summed E-state index contributed by atoms with van der Waals surface area (Å²) in [6, 6.07) is 26.8. The Hall–Kier alpha value is -3.63. The molecule has 0 bridgehead atoms. The zero-order valence-corrected chi connectivity index (χ0v) is 16.1. The molecule has 0 aliphatic rings. The molecule has 5 rings (SSSR count). The van der Waals surface area contributed by atoms with Gasteiger partial charge in [0.05, 0.1) is 11.0 Å². The van der Waals surface area contributed by atoms with Crippen molar-refractivity contribution in [2.24, 2.45) is 0 Å². The molecule has 1 aromatic heterocycles. The van der Waals surface area contributed by atoms with Crippen molar-refractivity contribution in [3.05, 3.63) is 95.5 Å². The molecule has 0 aliphatic heterocycles. The first kappa shape index (κ1) is 17.5. The van der Waals surface area contributed by atoms with Crippen molar-refractivity contribution in [1.29, 1.82) is 0 Å². The van der Waals surface area contributed by atoms with Crippen molar-refractivity contribution in [2.45, 2.75) is 0 Å². The molecular formula is C24H16ClN3O. The fraction of sp³-hybridized carbons (Fsp3) is 0. The minimum absolute atomic E-state index is 0.149. The van der Waals surface area contributed by atoms with Crippen LogP contribution in [0.5, 0.6) is 0 Å². The van der Waals surface area contributed by atoms with Crippen molar-refractivity contribution >= 4 is 45.0 Å². The SMILES string of the molecule is O=C(Nc1cccc2ccccc12)c1ccc(-c2nc3ccc(Cl)cc3[nH]2)cc1. The maximum Gasteiger partial charge on any atom is 0.255 e. The van der Waals surface area contributed by atoms with Crippen LogP contribution in [0.25, 0.3) is 33.2 Å². The standard InChI is InChI=1S/C24H16ClN3O/c25-18-12-13-21-22(14-18)27-23(26-21)16-8-10-17(11-9-16)24(29)28-20-7-3-5-15-4-1-2-6-19(15)20/h1-14H,(H,26,27)(H,28,29). The summed E-state index contributed by atoms with van der Waals surface area (Å²) < 4.78 is 0. The van der Waals surface area contributed by atoms with Gasteiger partial charge in [0.1, 0.15) is 5.82 Å². The predicted octanol–water partition coefficient (Wildman–Crippen LogP) is 6.29. The number of amides is 1. The maximum atomic E-state index is 12.7. The number of rotatable bonds is 3. The number of carbonyl (C=O) groups excluding carboxylic acids is 1. The summed E-state index contributed by atoms with van der Waals surface area (Å²) in [5.41, 5.74) is 4.01. The number of fused-ring (bicyclic) bond motifs is 2. The predicted molar refractivity (Wildman–Crippen MR) is 118 cm³/mol. The lowest BCUT2D eigenvalue weighted by atomic mass is 10.1. The Balaban J connectivity index is 1.41. The van der Waals surface area contributed by atoms with E-state index in [1.165, 1.54) is 0 Å². The summed E-state index contributed by atoms with van der Waals surface area (Å²) in [5, 5.41) is 5.77. The molecule has 0 saturated carbocycles. The smallest absolute Gasteiger partial charge is 0.255 e. The van der Waals surface area contributed by atoms with Crippen LogP contribution in [0.15, 0.2) is 84.9 Å². The topological polar surface area (TPSA) is 57.8 Å². The number of hydrogen-bond acceptors (Lipinski definition) is 2. The first-order chi connectivity index (χ1) is 14.2. The zero-order valence-electron chi connectivity index (χ0n) is 15.3. The van der Waals surface area contributed by atoms with Gasteiger partial charge in [-0.15, -0.1) is 0 Å². The highest BCUT2D eigenvalue weighted by Gasteiger charge is 2.10. The van der Waals surface area contributed by atoms with Crippen molar-refractivity contribution in [1.82, 2.24) is 9.97 Å². The summed E-state index contributed by atoms with van der Waals surface area (Å²) >= 11 is 6.04. The van der Waals surface area contributed by atoms with Crippen molar-refractivity contribution < 1.29 is 4.79 Å².